The molecule has 4 saturated heterocycles. The van der Waals surface area contributed by atoms with E-state index in [1.165, 1.54) is 25.0 Å². The van der Waals surface area contributed by atoms with Crippen LogP contribution in [-0.2, 0) is 19.9 Å². The Morgan fingerprint density at radius 2 is 1.73 bits per heavy atom. The predicted octanol–water partition coefficient (Wildman–Crippen LogP) is 4.71. The van der Waals surface area contributed by atoms with E-state index in [1.807, 2.05) is 37.3 Å². The molecule has 37 heavy (non-hydrogen) atoms. The first-order valence-electron chi connectivity index (χ1n) is 13.8. The first-order valence-corrected chi connectivity index (χ1v) is 13.8. The van der Waals surface area contributed by atoms with Gasteiger partial charge in [0.2, 0.25) is 0 Å². The molecule has 2 aromatic rings. The fourth-order valence-electron chi connectivity index (χ4n) is 6.61. The van der Waals surface area contributed by atoms with Crippen molar-refractivity contribution in [1.29, 1.82) is 0 Å². The molecule has 198 valence electrons. The SMILES string of the molecule is CC(C(=O)O[C@@H]1C[N+]2(CC(=O)Nc3cccc(F)c3)CCC1CC2)(c1ccccc1)N1CCCCCC1. The minimum atomic E-state index is -0.836. The molecule has 4 fully saturated rings. The Morgan fingerprint density at radius 1 is 1.03 bits per heavy atom. The highest BCUT2D eigenvalue weighted by Gasteiger charge is 2.51. The molecule has 0 saturated carbocycles. The lowest BCUT2D eigenvalue weighted by Crippen LogP contribution is -2.66. The van der Waals surface area contributed by atoms with Crippen molar-refractivity contribution in [2.75, 3.05) is 44.6 Å². The van der Waals surface area contributed by atoms with Crippen molar-refractivity contribution in [3.63, 3.8) is 0 Å². The van der Waals surface area contributed by atoms with Gasteiger partial charge < -0.3 is 14.5 Å². The number of benzene rings is 2. The monoisotopic (exact) mass is 508 g/mol. The van der Waals surface area contributed by atoms with E-state index in [0.29, 0.717) is 29.2 Å². The maximum atomic E-state index is 14.0. The molecule has 0 aliphatic carbocycles. The van der Waals surface area contributed by atoms with Gasteiger partial charge in [-0.2, -0.15) is 0 Å². The fraction of sp³-hybridized carbons (Fsp3) is 0.533. The lowest BCUT2D eigenvalue weighted by molar-refractivity contribution is -0.939. The van der Waals surface area contributed by atoms with Crippen molar-refractivity contribution in [2.24, 2.45) is 5.92 Å². The van der Waals surface area contributed by atoms with E-state index in [2.05, 4.69) is 10.2 Å². The number of carbonyl (C=O) groups is 2. The molecule has 2 aromatic carbocycles. The van der Waals surface area contributed by atoms with Crippen LogP contribution in [0.25, 0.3) is 0 Å². The zero-order valence-electron chi connectivity index (χ0n) is 21.8. The van der Waals surface area contributed by atoms with Crippen LogP contribution in [0, 0.1) is 11.7 Å². The van der Waals surface area contributed by atoms with Crippen LogP contribution in [0.15, 0.2) is 54.6 Å². The lowest BCUT2D eigenvalue weighted by atomic mass is 9.82. The number of hydrogen-bond donors (Lipinski definition) is 1. The second-order valence-corrected chi connectivity index (χ2v) is 11.3. The number of quaternary nitrogens is 1. The summed E-state index contributed by atoms with van der Waals surface area (Å²) >= 11 is 0. The summed E-state index contributed by atoms with van der Waals surface area (Å²) in [4.78, 5) is 29.3. The highest BCUT2D eigenvalue weighted by molar-refractivity contribution is 5.91. The number of ether oxygens (including phenoxy) is 1. The van der Waals surface area contributed by atoms with E-state index in [1.54, 1.807) is 12.1 Å². The van der Waals surface area contributed by atoms with Gasteiger partial charge in [-0.05, 0) is 56.6 Å². The Morgan fingerprint density at radius 3 is 2.41 bits per heavy atom. The summed E-state index contributed by atoms with van der Waals surface area (Å²) < 4.78 is 20.6. The number of esters is 1. The fourth-order valence-corrected chi connectivity index (χ4v) is 6.61. The molecule has 4 aliphatic rings. The van der Waals surface area contributed by atoms with Gasteiger partial charge in [0.25, 0.3) is 5.91 Å². The molecule has 4 heterocycles. The molecule has 7 heteroatoms. The third-order valence-electron chi connectivity index (χ3n) is 8.86. The van der Waals surface area contributed by atoms with Gasteiger partial charge >= 0.3 is 5.97 Å². The van der Waals surface area contributed by atoms with Crippen LogP contribution in [0.4, 0.5) is 10.1 Å². The number of carbonyl (C=O) groups excluding carboxylic acids is 2. The van der Waals surface area contributed by atoms with Gasteiger partial charge in [0.05, 0.1) is 13.1 Å². The smallest absolute Gasteiger partial charge is 0.331 e. The highest BCUT2D eigenvalue weighted by atomic mass is 19.1. The summed E-state index contributed by atoms with van der Waals surface area (Å²) in [6.45, 7) is 6.55. The van der Waals surface area contributed by atoms with Crippen molar-refractivity contribution < 1.29 is 23.2 Å². The number of hydrogen-bond acceptors (Lipinski definition) is 4. The van der Waals surface area contributed by atoms with Crippen LogP contribution in [0.2, 0.25) is 0 Å². The molecule has 0 spiro atoms. The van der Waals surface area contributed by atoms with Gasteiger partial charge in [-0.15, -0.1) is 0 Å². The maximum absolute atomic E-state index is 14.0. The largest absolute Gasteiger partial charge is 0.454 e. The zero-order valence-corrected chi connectivity index (χ0v) is 21.8. The maximum Gasteiger partial charge on any atom is 0.331 e. The van der Waals surface area contributed by atoms with E-state index < -0.39 is 5.54 Å². The summed E-state index contributed by atoms with van der Waals surface area (Å²) in [6, 6.07) is 16.0. The van der Waals surface area contributed by atoms with Crippen molar-refractivity contribution in [3.05, 3.63) is 66.0 Å². The third-order valence-corrected chi connectivity index (χ3v) is 8.86. The van der Waals surface area contributed by atoms with Gasteiger partial charge in [-0.3, -0.25) is 9.69 Å². The lowest BCUT2D eigenvalue weighted by Gasteiger charge is -2.52. The Labute approximate surface area is 219 Å². The Kier molecular flexibility index (Phi) is 7.63. The average Bonchev–Trinajstić information content (AvgIpc) is 3.19. The minimum absolute atomic E-state index is 0.130. The number of amides is 1. The van der Waals surface area contributed by atoms with Crippen LogP contribution in [0.5, 0.6) is 0 Å². The minimum Gasteiger partial charge on any atom is -0.454 e. The molecule has 2 bridgehead atoms. The molecule has 2 atom stereocenters. The summed E-state index contributed by atoms with van der Waals surface area (Å²) in [5.41, 5.74) is 0.604. The van der Waals surface area contributed by atoms with Gasteiger partial charge in [-0.1, -0.05) is 49.2 Å². The van der Waals surface area contributed by atoms with E-state index >= 15 is 0 Å². The van der Waals surface area contributed by atoms with Crippen LogP contribution >= 0.6 is 0 Å². The second kappa shape index (κ2) is 10.9. The van der Waals surface area contributed by atoms with Crippen LogP contribution < -0.4 is 5.32 Å². The molecular weight excluding hydrogens is 469 g/mol. The number of halogens is 1. The Hall–Kier alpha value is -2.77. The highest BCUT2D eigenvalue weighted by Crippen LogP contribution is 2.38. The Balaban J connectivity index is 1.31. The second-order valence-electron chi connectivity index (χ2n) is 11.3. The summed E-state index contributed by atoms with van der Waals surface area (Å²) in [7, 11) is 0. The van der Waals surface area contributed by atoms with E-state index in [0.717, 1.165) is 57.4 Å². The zero-order chi connectivity index (χ0) is 25.9. The molecule has 6 nitrogen and oxygen atoms in total. The normalized spacial score (nSPS) is 27.6. The van der Waals surface area contributed by atoms with E-state index in [-0.39, 0.29) is 23.8 Å². The number of nitrogens with zero attached hydrogens (tertiary/aromatic N) is 2. The van der Waals surface area contributed by atoms with E-state index in [4.69, 9.17) is 4.74 Å². The van der Waals surface area contributed by atoms with E-state index in [9.17, 15) is 14.0 Å². The number of likely N-dealkylation sites (tertiary alicyclic amines) is 1. The Bertz CT molecular complexity index is 1090. The van der Waals surface area contributed by atoms with Crippen LogP contribution in [0.1, 0.15) is 51.0 Å². The quantitative estimate of drug-likeness (QED) is 0.435. The van der Waals surface area contributed by atoms with Gasteiger partial charge in [-0.25, -0.2) is 9.18 Å². The van der Waals surface area contributed by atoms with Gasteiger partial charge in [0.15, 0.2) is 12.6 Å². The van der Waals surface area contributed by atoms with Gasteiger partial charge in [0.1, 0.15) is 17.9 Å². The molecule has 1 N–H and O–H groups in total. The average molecular weight is 509 g/mol. The summed E-state index contributed by atoms with van der Waals surface area (Å²) in [5, 5.41) is 2.85. The number of anilines is 1. The van der Waals surface area contributed by atoms with Crippen molar-refractivity contribution in [3.8, 4) is 0 Å². The number of rotatable bonds is 7. The van der Waals surface area contributed by atoms with Crippen molar-refractivity contribution >= 4 is 17.6 Å². The molecular formula is C30H39FN3O3+. The summed E-state index contributed by atoms with van der Waals surface area (Å²) in [6.07, 6.45) is 6.24. The number of fused-ring (bicyclic) bond motifs is 3. The first-order chi connectivity index (χ1) is 17.9. The van der Waals surface area contributed by atoms with Crippen molar-refractivity contribution in [2.45, 2.75) is 57.1 Å². The summed E-state index contributed by atoms with van der Waals surface area (Å²) in [5.74, 6) is -0.350. The molecule has 1 amide bonds. The topological polar surface area (TPSA) is 58.6 Å². The van der Waals surface area contributed by atoms with Gasteiger partial charge in [0, 0.05) is 24.4 Å². The van der Waals surface area contributed by atoms with Crippen molar-refractivity contribution in [1.82, 2.24) is 4.90 Å². The molecule has 0 radical (unpaired) electrons. The molecule has 4 aliphatic heterocycles. The van der Waals surface area contributed by atoms with Crippen LogP contribution in [0.3, 0.4) is 0 Å². The number of piperidine rings is 3. The third kappa shape index (κ3) is 5.58. The standard InChI is InChI=1S/C30H38FN3O3/c1-30(24-10-5-4-6-11-24,33-16-7-2-3-8-17-33)29(36)37-27-21-34(18-14-23(27)15-19-34)22-28(35)32-26-13-9-12-25(31)20-26/h4-6,9-13,20,23,27H,2-3,7-8,14-19,21-22H2,1H3/p+1/t23?,27-,30?,34?/m1/s1. The molecule has 1 unspecified atom stereocenters. The predicted molar refractivity (Wildman–Crippen MR) is 141 cm³/mol. The van der Waals surface area contributed by atoms with Crippen LogP contribution in [-0.4, -0.2) is 66.6 Å². The first kappa shape index (κ1) is 25.9. The number of nitrogens with one attached hydrogen (secondary N) is 1. The molecule has 6 rings (SSSR count). The molecule has 0 aromatic heterocycles.